The highest BCUT2D eigenvalue weighted by Crippen LogP contribution is 2.26. The van der Waals surface area contributed by atoms with E-state index in [4.69, 9.17) is 16.3 Å². The highest BCUT2D eigenvalue weighted by Gasteiger charge is 2.13. The van der Waals surface area contributed by atoms with Gasteiger partial charge in [0, 0.05) is 0 Å². The predicted octanol–water partition coefficient (Wildman–Crippen LogP) is 4.20. The molecule has 0 aliphatic rings. The van der Waals surface area contributed by atoms with Crippen LogP contribution in [0.2, 0.25) is 5.02 Å². The summed E-state index contributed by atoms with van der Waals surface area (Å²) in [5.74, 6) is -2.29. The summed E-state index contributed by atoms with van der Waals surface area (Å²) in [6.45, 7) is 0.179. The summed E-state index contributed by atoms with van der Waals surface area (Å²) in [7, 11) is 0. The first-order valence-corrected chi connectivity index (χ1v) is 5.36. The number of ether oxygens (including phenoxy) is 1. The van der Waals surface area contributed by atoms with Gasteiger partial charge < -0.3 is 4.74 Å². The number of halogens is 3. The largest absolute Gasteiger partial charge is 0.486 e. The van der Waals surface area contributed by atoms with Gasteiger partial charge in [0.1, 0.15) is 6.61 Å². The molecule has 0 saturated heterocycles. The molecule has 0 N–H and O–H groups in total. The fourth-order valence-corrected chi connectivity index (χ4v) is 1.50. The van der Waals surface area contributed by atoms with Crippen LogP contribution in [0.1, 0.15) is 5.56 Å². The van der Waals surface area contributed by atoms with E-state index >= 15 is 0 Å². The van der Waals surface area contributed by atoms with Crippen LogP contribution in [-0.4, -0.2) is 0 Å². The summed E-state index contributed by atoms with van der Waals surface area (Å²) in [4.78, 5) is 0. The van der Waals surface area contributed by atoms with E-state index in [1.807, 2.05) is 30.3 Å². The lowest BCUT2D eigenvalue weighted by atomic mass is 10.2. The Morgan fingerprint density at radius 2 is 1.65 bits per heavy atom. The van der Waals surface area contributed by atoms with E-state index in [9.17, 15) is 8.78 Å². The maximum Gasteiger partial charge on any atom is 0.202 e. The third-order valence-electron chi connectivity index (χ3n) is 2.24. The standard InChI is InChI=1S/C13H9ClF2O/c14-10-6-7-11(13(16)12(10)15)17-8-9-4-2-1-3-5-9/h1-7H,8H2. The van der Waals surface area contributed by atoms with Crippen LogP contribution in [0.15, 0.2) is 42.5 Å². The second kappa shape index (κ2) is 5.15. The lowest BCUT2D eigenvalue weighted by Crippen LogP contribution is -1.99. The van der Waals surface area contributed by atoms with Crippen molar-refractivity contribution in [3.05, 3.63) is 64.7 Å². The van der Waals surface area contributed by atoms with Gasteiger partial charge in [-0.05, 0) is 17.7 Å². The Labute approximate surface area is 103 Å². The number of hydrogen-bond acceptors (Lipinski definition) is 1. The van der Waals surface area contributed by atoms with Crippen molar-refractivity contribution in [2.24, 2.45) is 0 Å². The first kappa shape index (κ1) is 11.9. The second-order valence-electron chi connectivity index (χ2n) is 3.45. The lowest BCUT2D eigenvalue weighted by molar-refractivity contribution is 0.284. The predicted molar refractivity (Wildman–Crippen MR) is 62.1 cm³/mol. The normalized spacial score (nSPS) is 10.3. The molecule has 2 aromatic carbocycles. The zero-order chi connectivity index (χ0) is 12.3. The van der Waals surface area contributed by atoms with Crippen molar-refractivity contribution in [1.29, 1.82) is 0 Å². The van der Waals surface area contributed by atoms with E-state index in [1.165, 1.54) is 12.1 Å². The molecular weight excluding hydrogens is 246 g/mol. The Morgan fingerprint density at radius 3 is 2.35 bits per heavy atom. The topological polar surface area (TPSA) is 9.23 Å². The van der Waals surface area contributed by atoms with Crippen molar-refractivity contribution < 1.29 is 13.5 Å². The van der Waals surface area contributed by atoms with Crippen LogP contribution in [-0.2, 0) is 6.61 Å². The third kappa shape index (κ3) is 2.74. The molecule has 1 nitrogen and oxygen atoms in total. The highest BCUT2D eigenvalue weighted by molar-refractivity contribution is 6.30. The Kier molecular flexibility index (Phi) is 3.59. The average molecular weight is 255 g/mol. The van der Waals surface area contributed by atoms with E-state index < -0.39 is 11.6 Å². The SMILES string of the molecule is Fc1c(Cl)ccc(OCc2ccccc2)c1F. The Bertz CT molecular complexity index is 514. The van der Waals surface area contributed by atoms with E-state index in [-0.39, 0.29) is 17.4 Å². The van der Waals surface area contributed by atoms with Crippen LogP contribution in [0.5, 0.6) is 5.75 Å². The molecule has 0 aromatic heterocycles. The first-order chi connectivity index (χ1) is 8.18. The maximum atomic E-state index is 13.4. The van der Waals surface area contributed by atoms with Crippen molar-refractivity contribution in [1.82, 2.24) is 0 Å². The summed E-state index contributed by atoms with van der Waals surface area (Å²) >= 11 is 5.43. The van der Waals surface area contributed by atoms with E-state index in [0.717, 1.165) is 5.56 Å². The average Bonchev–Trinajstić information content (AvgIpc) is 2.36. The Morgan fingerprint density at radius 1 is 0.941 bits per heavy atom. The Hall–Kier alpha value is -1.61. The van der Waals surface area contributed by atoms with Gasteiger partial charge in [-0.2, -0.15) is 4.39 Å². The summed E-state index contributed by atoms with van der Waals surface area (Å²) < 4.78 is 31.7. The molecular formula is C13H9ClF2O. The molecule has 0 aliphatic heterocycles. The van der Waals surface area contributed by atoms with Gasteiger partial charge in [0.25, 0.3) is 0 Å². The van der Waals surface area contributed by atoms with E-state index in [2.05, 4.69) is 0 Å². The molecule has 0 radical (unpaired) electrons. The van der Waals surface area contributed by atoms with Crippen LogP contribution < -0.4 is 4.74 Å². The third-order valence-corrected chi connectivity index (χ3v) is 2.53. The summed E-state index contributed by atoms with van der Waals surface area (Å²) in [6.07, 6.45) is 0. The van der Waals surface area contributed by atoms with Crippen molar-refractivity contribution in [2.45, 2.75) is 6.61 Å². The zero-order valence-electron chi connectivity index (χ0n) is 8.79. The molecule has 2 rings (SSSR count). The van der Waals surface area contributed by atoms with Gasteiger partial charge >= 0.3 is 0 Å². The van der Waals surface area contributed by atoms with Crippen molar-refractivity contribution >= 4 is 11.6 Å². The van der Waals surface area contributed by atoms with Crippen molar-refractivity contribution in [3.8, 4) is 5.75 Å². The maximum absolute atomic E-state index is 13.4. The van der Waals surface area contributed by atoms with Gasteiger partial charge in [0.05, 0.1) is 5.02 Å². The summed E-state index contributed by atoms with van der Waals surface area (Å²) in [6, 6.07) is 11.8. The van der Waals surface area contributed by atoms with Crippen LogP contribution in [0, 0.1) is 11.6 Å². The molecule has 0 amide bonds. The molecule has 0 heterocycles. The zero-order valence-corrected chi connectivity index (χ0v) is 9.55. The monoisotopic (exact) mass is 254 g/mol. The quantitative estimate of drug-likeness (QED) is 0.746. The minimum Gasteiger partial charge on any atom is -0.486 e. The van der Waals surface area contributed by atoms with Gasteiger partial charge in [-0.1, -0.05) is 41.9 Å². The van der Waals surface area contributed by atoms with Gasteiger partial charge in [-0.25, -0.2) is 4.39 Å². The molecule has 0 saturated carbocycles. The molecule has 0 atom stereocenters. The van der Waals surface area contributed by atoms with Crippen LogP contribution in [0.25, 0.3) is 0 Å². The smallest absolute Gasteiger partial charge is 0.202 e. The Balaban J connectivity index is 2.13. The minimum absolute atomic E-state index is 0.143. The molecule has 17 heavy (non-hydrogen) atoms. The van der Waals surface area contributed by atoms with E-state index in [0.29, 0.717) is 0 Å². The minimum atomic E-state index is -1.09. The number of benzene rings is 2. The van der Waals surface area contributed by atoms with Crippen LogP contribution in [0.3, 0.4) is 0 Å². The van der Waals surface area contributed by atoms with Crippen molar-refractivity contribution in [2.75, 3.05) is 0 Å². The molecule has 0 fully saturated rings. The van der Waals surface area contributed by atoms with Gasteiger partial charge in [-0.3, -0.25) is 0 Å². The molecule has 0 bridgehead atoms. The summed E-state index contributed by atoms with van der Waals surface area (Å²) in [5, 5.41) is -0.255. The van der Waals surface area contributed by atoms with Crippen LogP contribution >= 0.6 is 11.6 Å². The number of rotatable bonds is 3. The fourth-order valence-electron chi connectivity index (χ4n) is 1.35. The van der Waals surface area contributed by atoms with Gasteiger partial charge in [-0.15, -0.1) is 0 Å². The second-order valence-corrected chi connectivity index (χ2v) is 3.85. The molecule has 0 aliphatic carbocycles. The molecule has 0 unspecified atom stereocenters. The summed E-state index contributed by atoms with van der Waals surface area (Å²) in [5.41, 5.74) is 0.877. The highest BCUT2D eigenvalue weighted by atomic mass is 35.5. The fraction of sp³-hybridized carbons (Fsp3) is 0.0769. The van der Waals surface area contributed by atoms with Crippen LogP contribution in [0.4, 0.5) is 8.78 Å². The van der Waals surface area contributed by atoms with Gasteiger partial charge in [0.2, 0.25) is 5.82 Å². The molecule has 2 aromatic rings. The number of hydrogen-bond donors (Lipinski definition) is 0. The van der Waals surface area contributed by atoms with E-state index in [1.54, 1.807) is 0 Å². The van der Waals surface area contributed by atoms with Crippen molar-refractivity contribution in [3.63, 3.8) is 0 Å². The van der Waals surface area contributed by atoms with Gasteiger partial charge in [0.15, 0.2) is 11.6 Å². The molecule has 4 heteroatoms. The molecule has 88 valence electrons. The lowest BCUT2D eigenvalue weighted by Gasteiger charge is -2.08. The first-order valence-electron chi connectivity index (χ1n) is 4.98. The molecule has 0 spiro atoms.